The summed E-state index contributed by atoms with van der Waals surface area (Å²) in [6, 6.07) is 6.25. The fourth-order valence-electron chi connectivity index (χ4n) is 2.17. The molecule has 0 amide bonds. The van der Waals surface area contributed by atoms with Crippen molar-refractivity contribution in [2.45, 2.75) is 32.9 Å². The summed E-state index contributed by atoms with van der Waals surface area (Å²) in [6.07, 6.45) is 1.41. The van der Waals surface area contributed by atoms with Gasteiger partial charge in [-0.2, -0.15) is 0 Å². The van der Waals surface area contributed by atoms with Crippen LogP contribution in [0.15, 0.2) is 18.2 Å². The number of nitrogens with zero attached hydrogens (tertiary/aromatic N) is 2. The van der Waals surface area contributed by atoms with Crippen LogP contribution in [0.25, 0.3) is 0 Å². The van der Waals surface area contributed by atoms with Crippen LogP contribution in [0.4, 0.5) is 5.82 Å². The Morgan fingerprint density at radius 2 is 2.33 bits per heavy atom. The van der Waals surface area contributed by atoms with E-state index < -0.39 is 0 Å². The lowest BCUT2D eigenvalue weighted by molar-refractivity contribution is 0.0381. The molecule has 0 aromatic carbocycles. The second-order valence-corrected chi connectivity index (χ2v) is 4.61. The maximum Gasteiger partial charge on any atom is 0.129 e. The molecule has 1 atom stereocenters. The van der Waals surface area contributed by atoms with Gasteiger partial charge in [-0.05, 0) is 25.1 Å². The molecular weight excluding hydrogens is 226 g/mol. The van der Waals surface area contributed by atoms with E-state index >= 15 is 0 Å². The van der Waals surface area contributed by atoms with Crippen LogP contribution < -0.4 is 10.2 Å². The molecule has 0 aliphatic carbocycles. The Kier molecular flexibility index (Phi) is 4.96. The molecule has 1 aliphatic rings. The molecule has 0 bridgehead atoms. The van der Waals surface area contributed by atoms with Crippen molar-refractivity contribution in [3.63, 3.8) is 0 Å². The van der Waals surface area contributed by atoms with Crippen LogP contribution in [0, 0.1) is 0 Å². The first-order valence-electron chi connectivity index (χ1n) is 6.86. The van der Waals surface area contributed by atoms with Crippen LogP contribution in [-0.4, -0.2) is 37.3 Å². The van der Waals surface area contributed by atoms with Gasteiger partial charge in [0, 0.05) is 19.6 Å². The topological polar surface area (TPSA) is 37.4 Å². The van der Waals surface area contributed by atoms with Gasteiger partial charge in [0.2, 0.25) is 0 Å². The van der Waals surface area contributed by atoms with Gasteiger partial charge in [0.25, 0.3) is 0 Å². The summed E-state index contributed by atoms with van der Waals surface area (Å²) in [6.45, 7) is 8.79. The molecule has 1 aliphatic heterocycles. The Morgan fingerprint density at radius 3 is 3.11 bits per heavy atom. The molecule has 0 radical (unpaired) electrons. The van der Waals surface area contributed by atoms with Gasteiger partial charge in [-0.1, -0.05) is 19.9 Å². The second-order valence-electron chi connectivity index (χ2n) is 4.61. The summed E-state index contributed by atoms with van der Waals surface area (Å²) >= 11 is 0. The molecular formula is C14H23N3O. The molecule has 1 N–H and O–H groups in total. The van der Waals surface area contributed by atoms with Gasteiger partial charge in [0.05, 0.1) is 18.4 Å². The molecule has 18 heavy (non-hydrogen) atoms. The first-order chi connectivity index (χ1) is 8.83. The van der Waals surface area contributed by atoms with Crippen LogP contribution in [0.1, 0.15) is 26.0 Å². The lowest BCUT2D eigenvalue weighted by Crippen LogP contribution is -2.42. The number of pyridine rings is 1. The summed E-state index contributed by atoms with van der Waals surface area (Å²) in [5.74, 6) is 1.08. The first kappa shape index (κ1) is 13.3. The van der Waals surface area contributed by atoms with Crippen LogP contribution >= 0.6 is 0 Å². The number of hydrogen-bond acceptors (Lipinski definition) is 4. The van der Waals surface area contributed by atoms with Crippen molar-refractivity contribution >= 4 is 5.82 Å². The van der Waals surface area contributed by atoms with Crippen molar-refractivity contribution in [3.8, 4) is 0 Å². The fraction of sp³-hybridized carbons (Fsp3) is 0.643. The van der Waals surface area contributed by atoms with E-state index in [1.165, 1.54) is 0 Å². The van der Waals surface area contributed by atoms with E-state index in [0.29, 0.717) is 6.10 Å². The molecule has 1 aromatic rings. The molecule has 4 nitrogen and oxygen atoms in total. The van der Waals surface area contributed by atoms with Crippen molar-refractivity contribution in [3.05, 3.63) is 23.9 Å². The number of aromatic nitrogens is 1. The average molecular weight is 249 g/mol. The molecule has 4 heteroatoms. The van der Waals surface area contributed by atoms with Crippen LogP contribution in [0.5, 0.6) is 0 Å². The third-order valence-electron chi connectivity index (χ3n) is 3.27. The predicted molar refractivity (Wildman–Crippen MR) is 73.9 cm³/mol. The zero-order valence-electron chi connectivity index (χ0n) is 11.4. The Bertz CT molecular complexity index is 370. The van der Waals surface area contributed by atoms with E-state index in [0.717, 1.165) is 50.7 Å². The lowest BCUT2D eigenvalue weighted by atomic mass is 10.2. The number of anilines is 1. The first-order valence-corrected chi connectivity index (χ1v) is 6.86. The number of hydrogen-bond donors (Lipinski definition) is 1. The standard InChI is InChI=1S/C14H23N3O/c1-3-13-11-17(8-9-18-13)14-7-5-6-12(16-14)10-15-4-2/h5-7,13,15H,3-4,8-11H2,1-2H3. The minimum Gasteiger partial charge on any atom is -0.375 e. The quantitative estimate of drug-likeness (QED) is 0.863. The molecule has 1 saturated heterocycles. The van der Waals surface area contributed by atoms with Gasteiger partial charge in [-0.15, -0.1) is 0 Å². The summed E-state index contributed by atoms with van der Waals surface area (Å²) in [4.78, 5) is 7.04. The van der Waals surface area contributed by atoms with Gasteiger partial charge >= 0.3 is 0 Å². The highest BCUT2D eigenvalue weighted by Gasteiger charge is 2.19. The molecule has 0 saturated carbocycles. The number of nitrogens with one attached hydrogen (secondary N) is 1. The van der Waals surface area contributed by atoms with E-state index in [9.17, 15) is 0 Å². The highest BCUT2D eigenvalue weighted by atomic mass is 16.5. The highest BCUT2D eigenvalue weighted by Crippen LogP contribution is 2.16. The van der Waals surface area contributed by atoms with Crippen LogP contribution in [0.2, 0.25) is 0 Å². The normalized spacial score (nSPS) is 20.1. The monoisotopic (exact) mass is 249 g/mol. The Morgan fingerprint density at radius 1 is 1.44 bits per heavy atom. The van der Waals surface area contributed by atoms with E-state index in [1.54, 1.807) is 0 Å². The molecule has 0 spiro atoms. The Balaban J connectivity index is 2.02. The van der Waals surface area contributed by atoms with Crippen molar-refractivity contribution < 1.29 is 4.74 Å². The molecule has 1 unspecified atom stereocenters. The van der Waals surface area contributed by atoms with Gasteiger partial charge in [0.15, 0.2) is 0 Å². The smallest absolute Gasteiger partial charge is 0.129 e. The fourth-order valence-corrected chi connectivity index (χ4v) is 2.17. The summed E-state index contributed by atoms with van der Waals surface area (Å²) < 4.78 is 5.69. The SMILES string of the molecule is CCNCc1cccc(N2CCOC(CC)C2)n1. The third-order valence-corrected chi connectivity index (χ3v) is 3.27. The van der Waals surface area contributed by atoms with Gasteiger partial charge in [-0.25, -0.2) is 4.98 Å². The zero-order chi connectivity index (χ0) is 12.8. The highest BCUT2D eigenvalue weighted by molar-refractivity contribution is 5.39. The largest absolute Gasteiger partial charge is 0.375 e. The molecule has 100 valence electrons. The lowest BCUT2D eigenvalue weighted by Gasteiger charge is -2.33. The van der Waals surface area contributed by atoms with E-state index in [-0.39, 0.29) is 0 Å². The maximum atomic E-state index is 5.69. The Hall–Kier alpha value is -1.13. The maximum absolute atomic E-state index is 5.69. The second kappa shape index (κ2) is 6.71. The number of morpholine rings is 1. The van der Waals surface area contributed by atoms with E-state index in [4.69, 9.17) is 9.72 Å². The van der Waals surface area contributed by atoms with Gasteiger partial charge in [-0.3, -0.25) is 0 Å². The van der Waals surface area contributed by atoms with Crippen molar-refractivity contribution in [1.29, 1.82) is 0 Å². The zero-order valence-corrected chi connectivity index (χ0v) is 11.4. The van der Waals surface area contributed by atoms with E-state index in [1.807, 2.05) is 0 Å². The average Bonchev–Trinajstić information content (AvgIpc) is 2.45. The third kappa shape index (κ3) is 3.43. The summed E-state index contributed by atoms with van der Waals surface area (Å²) in [5.41, 5.74) is 1.11. The van der Waals surface area contributed by atoms with Crippen molar-refractivity contribution in [2.24, 2.45) is 0 Å². The number of rotatable bonds is 5. The predicted octanol–water partition coefficient (Wildman–Crippen LogP) is 1.81. The van der Waals surface area contributed by atoms with Crippen molar-refractivity contribution in [2.75, 3.05) is 31.1 Å². The molecule has 1 fully saturated rings. The van der Waals surface area contributed by atoms with Crippen LogP contribution in [-0.2, 0) is 11.3 Å². The Labute approximate surface area is 109 Å². The van der Waals surface area contributed by atoms with Gasteiger partial charge in [0.1, 0.15) is 5.82 Å². The number of ether oxygens (including phenoxy) is 1. The van der Waals surface area contributed by atoms with Crippen molar-refractivity contribution in [1.82, 2.24) is 10.3 Å². The summed E-state index contributed by atoms with van der Waals surface area (Å²) in [5, 5.41) is 3.31. The molecule has 1 aromatic heterocycles. The van der Waals surface area contributed by atoms with Crippen LogP contribution in [0.3, 0.4) is 0 Å². The minimum atomic E-state index is 0.345. The van der Waals surface area contributed by atoms with Gasteiger partial charge < -0.3 is 15.0 Å². The van der Waals surface area contributed by atoms with E-state index in [2.05, 4.69) is 42.3 Å². The molecule has 2 rings (SSSR count). The minimum absolute atomic E-state index is 0.345. The molecule has 2 heterocycles. The summed E-state index contributed by atoms with van der Waals surface area (Å²) in [7, 11) is 0.